The summed E-state index contributed by atoms with van der Waals surface area (Å²) in [5, 5.41) is 7.19. The van der Waals surface area contributed by atoms with Gasteiger partial charge in [0.05, 0.1) is 0 Å². The number of rotatable bonds is 0. The van der Waals surface area contributed by atoms with Crippen LogP contribution < -0.4 is 36.5 Å². The molecule has 8 heteroatoms. The third-order valence-corrected chi connectivity index (χ3v) is 0. The smallest absolute Gasteiger partial charge is 0.402 e. The fourth-order valence-electron chi connectivity index (χ4n) is 0. The predicted molar refractivity (Wildman–Crippen MR) is 37.3 cm³/mol. The highest BCUT2D eigenvalue weighted by Gasteiger charge is 1.65. The summed E-state index contributed by atoms with van der Waals surface area (Å²) in [6.07, 6.45) is -1.33. The lowest BCUT2D eigenvalue weighted by molar-refractivity contribution is 0.205. The van der Waals surface area contributed by atoms with Crippen molar-refractivity contribution in [2.24, 2.45) is 5.73 Å². The van der Waals surface area contributed by atoms with Crippen LogP contribution in [0.1, 0.15) is 0 Å². The number of carboxylic acid groups (broad SMARTS) is 1. The Hall–Kier alpha value is -0.930. The summed E-state index contributed by atoms with van der Waals surface area (Å²) >= 11 is 0. The van der Waals surface area contributed by atoms with Gasteiger partial charge in [0.1, 0.15) is 0 Å². The molecule has 1 amide bonds. The first-order valence-corrected chi connectivity index (χ1v) is 0.716. The molecule has 9 heavy (non-hydrogen) atoms. The van der Waals surface area contributed by atoms with Crippen LogP contribution in [0.5, 0.6) is 0 Å². The molecule has 0 atom stereocenters. The van der Waals surface area contributed by atoms with Crippen LogP contribution in [0.4, 0.5) is 4.79 Å². The zero-order chi connectivity index (χ0) is 3.58. The molecule has 64 valence electrons. The Bertz CT molecular complexity index is 34.0. The van der Waals surface area contributed by atoms with E-state index in [2.05, 4.69) is 5.73 Å². The van der Waals surface area contributed by atoms with Gasteiger partial charge in [-0.3, -0.25) is 0 Å². The highest BCUT2D eigenvalue weighted by molar-refractivity contribution is 5.61. The van der Waals surface area contributed by atoms with E-state index in [0.717, 1.165) is 0 Å². The quantitative estimate of drug-likeness (QED) is 0.253. The zero-order valence-electron chi connectivity index (χ0n) is 5.47. The summed E-state index contributed by atoms with van der Waals surface area (Å²) in [6.45, 7) is 0. The van der Waals surface area contributed by atoms with E-state index in [-0.39, 0.29) is 30.8 Å². The van der Waals surface area contributed by atoms with Crippen molar-refractivity contribution < 1.29 is 9.90 Å². The highest BCUT2D eigenvalue weighted by atomic mass is 16.4. The summed E-state index contributed by atoms with van der Waals surface area (Å²) in [7, 11) is 0. The van der Waals surface area contributed by atoms with Crippen molar-refractivity contribution in [1.29, 1.82) is 0 Å². The lowest BCUT2D eigenvalue weighted by atomic mass is 11.3. The lowest BCUT2D eigenvalue weighted by Gasteiger charge is -1.61. The van der Waals surface area contributed by atoms with Crippen molar-refractivity contribution in [2.45, 2.75) is 0 Å². The molecule has 0 rings (SSSR count). The van der Waals surface area contributed by atoms with Crippen molar-refractivity contribution >= 4 is 6.09 Å². The number of nitrogens with two attached hydrogens (primary N) is 1. The average molecular weight is 146 g/mol. The molecule has 0 radical (unpaired) electrons. The second kappa shape index (κ2) is 60.8. The molecular weight excluding hydrogens is 128 g/mol. The van der Waals surface area contributed by atoms with Gasteiger partial charge >= 0.3 is 6.09 Å². The fourth-order valence-corrected chi connectivity index (χ4v) is 0. The van der Waals surface area contributed by atoms with Crippen LogP contribution in [0.3, 0.4) is 0 Å². The molecule has 0 aliphatic rings. The van der Waals surface area contributed by atoms with Gasteiger partial charge in [-0.25, -0.2) is 4.79 Å². The summed E-state index contributed by atoms with van der Waals surface area (Å²) in [5.74, 6) is 0. The fraction of sp³-hybridized carbons (Fsp3) is 0. The Morgan fingerprint density at radius 1 is 1.00 bits per heavy atom. The molecule has 18 N–H and O–H groups in total. The molecule has 0 saturated heterocycles. The summed E-state index contributed by atoms with van der Waals surface area (Å²) in [5.41, 5.74) is 4.03. The van der Waals surface area contributed by atoms with Gasteiger partial charge in [0.25, 0.3) is 0 Å². The van der Waals surface area contributed by atoms with E-state index >= 15 is 0 Å². The maximum absolute atomic E-state index is 8.78. The third-order valence-electron chi connectivity index (χ3n) is 0. The highest BCUT2D eigenvalue weighted by Crippen LogP contribution is 1.34. The van der Waals surface area contributed by atoms with Crippen LogP contribution in [-0.4, -0.2) is 11.2 Å². The summed E-state index contributed by atoms with van der Waals surface area (Å²) in [4.78, 5) is 8.78. The second-order valence-electron chi connectivity index (χ2n) is 0.338. The Morgan fingerprint density at radius 3 is 1.00 bits per heavy atom. The minimum absolute atomic E-state index is 0. The number of hydrogen-bond donors (Lipinski definition) is 7. The van der Waals surface area contributed by atoms with Crippen molar-refractivity contribution in [3.8, 4) is 0 Å². The molecule has 0 heterocycles. The van der Waals surface area contributed by atoms with E-state index in [4.69, 9.17) is 9.90 Å². The van der Waals surface area contributed by atoms with E-state index in [1.54, 1.807) is 0 Å². The maximum Gasteiger partial charge on any atom is 0.402 e. The molecule has 0 aromatic rings. The van der Waals surface area contributed by atoms with Crippen LogP contribution in [-0.2, 0) is 0 Å². The molecule has 0 fully saturated rings. The minimum atomic E-state index is -1.33. The zero-order valence-corrected chi connectivity index (χ0v) is 5.47. The number of carbonyl (C=O) groups is 1. The monoisotopic (exact) mass is 146 g/mol. The summed E-state index contributed by atoms with van der Waals surface area (Å²) < 4.78 is 0. The third kappa shape index (κ3) is 210. The molecule has 0 saturated carbocycles. The van der Waals surface area contributed by atoms with Gasteiger partial charge in [-0.2, -0.15) is 0 Å². The van der Waals surface area contributed by atoms with Gasteiger partial charge in [0.15, 0.2) is 0 Å². The molecule has 0 aromatic carbocycles. The Morgan fingerprint density at radius 2 is 1.00 bits per heavy atom. The van der Waals surface area contributed by atoms with Crippen molar-refractivity contribution in [3.63, 3.8) is 0 Å². The molecule has 0 aliphatic heterocycles. The Labute approximate surface area is 53.7 Å². The van der Waals surface area contributed by atoms with Crippen LogP contribution in [0.15, 0.2) is 0 Å². The number of hydrogen-bond acceptors (Lipinski definition) is 6. The van der Waals surface area contributed by atoms with Crippen LogP contribution in [0.25, 0.3) is 0 Å². The number of primary amides is 1. The molecule has 0 bridgehead atoms. The standard InChI is InChI=1S/CH3NO2.5H3N/c2-1(3)4;;;;;/h2H2,(H,3,4);5*1H3. The van der Waals surface area contributed by atoms with Gasteiger partial charge < -0.3 is 41.6 Å². The Kier molecular flexibility index (Phi) is 636. The van der Waals surface area contributed by atoms with Crippen LogP contribution in [0, 0.1) is 0 Å². The normalized spacial score (nSPS) is 2.67. The van der Waals surface area contributed by atoms with E-state index in [1.807, 2.05) is 0 Å². The number of amides is 1. The molecular formula is CH18N6O2. The van der Waals surface area contributed by atoms with E-state index in [1.165, 1.54) is 0 Å². The molecule has 0 unspecified atom stereocenters. The SMILES string of the molecule is N.N.N.N.N.NC(=O)O. The molecule has 0 aliphatic carbocycles. The largest absolute Gasteiger partial charge is 0.465 e. The van der Waals surface area contributed by atoms with Crippen LogP contribution >= 0.6 is 0 Å². The minimum Gasteiger partial charge on any atom is -0.465 e. The van der Waals surface area contributed by atoms with Crippen molar-refractivity contribution in [2.75, 3.05) is 0 Å². The maximum atomic E-state index is 8.78. The van der Waals surface area contributed by atoms with E-state index in [9.17, 15) is 0 Å². The van der Waals surface area contributed by atoms with Gasteiger partial charge in [0.2, 0.25) is 0 Å². The van der Waals surface area contributed by atoms with Gasteiger partial charge in [-0.05, 0) is 0 Å². The van der Waals surface area contributed by atoms with Crippen molar-refractivity contribution in [3.05, 3.63) is 0 Å². The van der Waals surface area contributed by atoms with Crippen LogP contribution in [0.2, 0.25) is 0 Å². The van der Waals surface area contributed by atoms with E-state index in [0.29, 0.717) is 0 Å². The van der Waals surface area contributed by atoms with Gasteiger partial charge in [-0.1, -0.05) is 0 Å². The topological polar surface area (TPSA) is 238 Å². The first-order chi connectivity index (χ1) is 1.73. The first kappa shape index (κ1) is 94.1. The Balaban J connectivity index is -0.00000000450. The first-order valence-electron chi connectivity index (χ1n) is 0.716. The molecule has 8 nitrogen and oxygen atoms in total. The summed E-state index contributed by atoms with van der Waals surface area (Å²) in [6, 6.07) is 0. The van der Waals surface area contributed by atoms with Crippen molar-refractivity contribution in [1.82, 2.24) is 30.8 Å². The van der Waals surface area contributed by atoms with Gasteiger partial charge in [0, 0.05) is 0 Å². The average Bonchev–Trinajstić information content (AvgIpc) is 0.811. The lowest BCUT2D eigenvalue weighted by Crippen LogP contribution is -2.03. The predicted octanol–water partition coefficient (Wildman–Crippen LogP) is 0.433. The molecule has 0 spiro atoms. The molecule has 0 aromatic heterocycles. The van der Waals surface area contributed by atoms with Gasteiger partial charge in [-0.15, -0.1) is 0 Å². The second-order valence-corrected chi connectivity index (χ2v) is 0.338. The van der Waals surface area contributed by atoms with E-state index < -0.39 is 6.09 Å².